The maximum Gasteiger partial charge on any atom is 0.422 e. The molecular weight excluding hydrogens is 357 g/mol. The van der Waals surface area contributed by atoms with Crippen molar-refractivity contribution in [3.63, 3.8) is 0 Å². The van der Waals surface area contributed by atoms with Crippen LogP contribution in [0.5, 0.6) is 0 Å². The molecule has 0 heterocycles. The van der Waals surface area contributed by atoms with E-state index >= 15 is 0 Å². The Hall–Kier alpha value is -2.65. The first kappa shape index (κ1) is 21.4. The number of non-ortho nitro benzene ring substituents is 1. The van der Waals surface area contributed by atoms with Crippen molar-refractivity contribution in [2.75, 3.05) is 6.61 Å². The third kappa shape index (κ3) is 6.34. The van der Waals surface area contributed by atoms with Gasteiger partial charge in [0.2, 0.25) is 5.91 Å². The number of ether oxygens (including phenoxy) is 1. The summed E-state index contributed by atoms with van der Waals surface area (Å²) in [5.41, 5.74) is 0.505. The van der Waals surface area contributed by atoms with Crippen LogP contribution in [0.2, 0.25) is 0 Å². The van der Waals surface area contributed by atoms with E-state index in [1.807, 2.05) is 0 Å². The molecule has 0 saturated heterocycles. The summed E-state index contributed by atoms with van der Waals surface area (Å²) in [6.07, 6.45) is -4.63. The predicted octanol–water partition coefficient (Wildman–Crippen LogP) is 3.15. The van der Waals surface area contributed by atoms with E-state index in [4.69, 9.17) is 0 Å². The van der Waals surface area contributed by atoms with Crippen LogP contribution in [0.4, 0.5) is 18.9 Å². The Morgan fingerprint density at radius 2 is 1.69 bits per heavy atom. The summed E-state index contributed by atoms with van der Waals surface area (Å²) in [7, 11) is 0. The van der Waals surface area contributed by atoms with Gasteiger partial charge in [0.15, 0.2) is 6.61 Å². The number of carbonyl (C=O) groups excluding carboxylic acids is 2. The highest BCUT2D eigenvalue weighted by Gasteiger charge is 2.33. The van der Waals surface area contributed by atoms with Gasteiger partial charge in [-0.05, 0) is 12.5 Å². The van der Waals surface area contributed by atoms with Gasteiger partial charge in [0.25, 0.3) is 5.69 Å². The summed E-state index contributed by atoms with van der Waals surface area (Å²) in [5.74, 6) is -3.65. The van der Waals surface area contributed by atoms with Gasteiger partial charge in [-0.2, -0.15) is 13.2 Å². The lowest BCUT2D eigenvalue weighted by Gasteiger charge is -2.21. The molecule has 7 nitrogen and oxygen atoms in total. The number of benzene rings is 1. The standard InChI is InChI=1S/C16H19F3N2O5/c1-9(10(2)15(23)26-8-16(17,18)19)14(22)20-11(3)12-4-6-13(7-5-12)21(24)25/h4-7,9-11H,8H2,1-3H3,(H,20,22)/t9-,10+,11-/m1/s1. The molecular formula is C16H19F3N2O5. The number of hydrogen-bond donors (Lipinski definition) is 1. The van der Waals surface area contributed by atoms with E-state index in [-0.39, 0.29) is 5.69 Å². The fraction of sp³-hybridized carbons (Fsp3) is 0.500. The van der Waals surface area contributed by atoms with Crippen LogP contribution in [0.15, 0.2) is 24.3 Å². The summed E-state index contributed by atoms with van der Waals surface area (Å²) in [4.78, 5) is 33.9. The quantitative estimate of drug-likeness (QED) is 0.448. The van der Waals surface area contributed by atoms with Gasteiger partial charge >= 0.3 is 12.1 Å². The number of amides is 1. The largest absolute Gasteiger partial charge is 0.456 e. The molecule has 0 fully saturated rings. The van der Waals surface area contributed by atoms with Crippen molar-refractivity contribution >= 4 is 17.6 Å². The second-order valence-corrected chi connectivity index (χ2v) is 5.88. The van der Waals surface area contributed by atoms with Gasteiger partial charge in [0.1, 0.15) is 0 Å². The molecule has 0 bridgehead atoms. The fourth-order valence-electron chi connectivity index (χ4n) is 2.03. The topological polar surface area (TPSA) is 98.5 Å². The van der Waals surface area contributed by atoms with Gasteiger partial charge in [-0.25, -0.2) is 0 Å². The maximum atomic E-state index is 12.2. The third-order valence-corrected chi connectivity index (χ3v) is 3.88. The number of esters is 1. The van der Waals surface area contributed by atoms with Crippen molar-refractivity contribution in [2.24, 2.45) is 11.8 Å². The second kappa shape index (κ2) is 8.63. The lowest BCUT2D eigenvalue weighted by atomic mass is 9.94. The smallest absolute Gasteiger partial charge is 0.422 e. The number of carbonyl (C=O) groups is 2. The van der Waals surface area contributed by atoms with Gasteiger partial charge < -0.3 is 10.1 Å². The molecule has 0 aliphatic carbocycles. The molecule has 0 radical (unpaired) electrons. The van der Waals surface area contributed by atoms with Crippen LogP contribution >= 0.6 is 0 Å². The minimum absolute atomic E-state index is 0.0957. The molecule has 1 amide bonds. The highest BCUT2D eigenvalue weighted by molar-refractivity contribution is 5.85. The maximum absolute atomic E-state index is 12.2. The van der Waals surface area contributed by atoms with E-state index in [1.165, 1.54) is 38.1 Å². The molecule has 0 saturated carbocycles. The number of hydrogen-bond acceptors (Lipinski definition) is 5. The van der Waals surface area contributed by atoms with Crippen LogP contribution in [0, 0.1) is 22.0 Å². The molecule has 1 aromatic carbocycles. The average Bonchev–Trinajstić information content (AvgIpc) is 2.57. The zero-order valence-corrected chi connectivity index (χ0v) is 14.4. The number of rotatable bonds is 7. The van der Waals surface area contributed by atoms with E-state index in [0.717, 1.165) is 0 Å². The summed E-state index contributed by atoms with van der Waals surface area (Å²) in [6, 6.07) is 5.03. The van der Waals surface area contributed by atoms with Gasteiger partial charge in [0.05, 0.1) is 16.9 Å². The zero-order chi connectivity index (χ0) is 20.1. The normalized spacial score (nSPS) is 14.8. The van der Waals surface area contributed by atoms with Crippen molar-refractivity contribution in [1.82, 2.24) is 5.32 Å². The third-order valence-electron chi connectivity index (χ3n) is 3.88. The number of nitro groups is 1. The van der Waals surface area contributed by atoms with Crippen molar-refractivity contribution < 1.29 is 32.4 Å². The van der Waals surface area contributed by atoms with E-state index in [2.05, 4.69) is 10.1 Å². The van der Waals surface area contributed by atoms with E-state index < -0.39 is 47.5 Å². The van der Waals surface area contributed by atoms with Crippen LogP contribution in [0.3, 0.4) is 0 Å². The Balaban J connectivity index is 2.64. The lowest BCUT2D eigenvalue weighted by Crippen LogP contribution is -2.37. The SMILES string of the molecule is C[C@H](C(=O)OCC(F)(F)F)[C@@H](C)C(=O)N[C@H](C)c1ccc([N+](=O)[O-])cc1. The van der Waals surface area contributed by atoms with Gasteiger partial charge in [-0.15, -0.1) is 0 Å². The highest BCUT2D eigenvalue weighted by atomic mass is 19.4. The molecule has 0 aliphatic heterocycles. The number of halogens is 3. The number of alkyl halides is 3. The summed E-state index contributed by atoms with van der Waals surface area (Å²) >= 11 is 0. The van der Waals surface area contributed by atoms with Gasteiger partial charge in [-0.1, -0.05) is 26.0 Å². The lowest BCUT2D eigenvalue weighted by molar-refractivity contribution is -0.384. The molecule has 0 unspecified atom stereocenters. The van der Waals surface area contributed by atoms with Crippen molar-refractivity contribution in [3.8, 4) is 0 Å². The molecule has 26 heavy (non-hydrogen) atoms. The summed E-state index contributed by atoms with van der Waals surface area (Å²) in [6.45, 7) is 2.64. The van der Waals surface area contributed by atoms with Crippen LogP contribution in [-0.2, 0) is 14.3 Å². The first-order chi connectivity index (χ1) is 11.9. The van der Waals surface area contributed by atoms with Crippen LogP contribution < -0.4 is 5.32 Å². The first-order valence-corrected chi connectivity index (χ1v) is 7.70. The number of nitrogens with one attached hydrogen (secondary N) is 1. The van der Waals surface area contributed by atoms with E-state index in [9.17, 15) is 32.9 Å². The Morgan fingerprint density at radius 1 is 1.15 bits per heavy atom. The molecule has 144 valence electrons. The summed E-state index contributed by atoms with van der Waals surface area (Å²) in [5, 5.41) is 13.2. The van der Waals surface area contributed by atoms with Crippen LogP contribution in [-0.4, -0.2) is 29.6 Å². The fourth-order valence-corrected chi connectivity index (χ4v) is 2.03. The molecule has 0 aromatic heterocycles. The van der Waals surface area contributed by atoms with Crippen LogP contribution in [0.1, 0.15) is 32.4 Å². The van der Waals surface area contributed by atoms with Crippen molar-refractivity contribution in [2.45, 2.75) is 33.0 Å². The van der Waals surface area contributed by atoms with Gasteiger partial charge in [0, 0.05) is 18.1 Å². The Bertz CT molecular complexity index is 661. The minimum atomic E-state index is -4.63. The predicted molar refractivity (Wildman–Crippen MR) is 85.0 cm³/mol. The Labute approximate surface area is 147 Å². The van der Waals surface area contributed by atoms with Crippen molar-refractivity contribution in [1.29, 1.82) is 0 Å². The average molecular weight is 376 g/mol. The first-order valence-electron chi connectivity index (χ1n) is 7.70. The van der Waals surface area contributed by atoms with Crippen molar-refractivity contribution in [3.05, 3.63) is 39.9 Å². The highest BCUT2D eigenvalue weighted by Crippen LogP contribution is 2.21. The molecule has 1 rings (SSSR count). The molecule has 3 atom stereocenters. The molecule has 10 heteroatoms. The van der Waals surface area contributed by atoms with Gasteiger partial charge in [-0.3, -0.25) is 19.7 Å². The minimum Gasteiger partial charge on any atom is -0.456 e. The Morgan fingerprint density at radius 3 is 2.15 bits per heavy atom. The van der Waals surface area contributed by atoms with Crippen LogP contribution in [0.25, 0.3) is 0 Å². The zero-order valence-electron chi connectivity index (χ0n) is 14.4. The molecule has 1 aromatic rings. The molecule has 0 aliphatic rings. The van der Waals surface area contributed by atoms with E-state index in [1.54, 1.807) is 6.92 Å². The number of nitrogens with zero attached hydrogens (tertiary/aromatic N) is 1. The van der Waals surface area contributed by atoms with E-state index in [0.29, 0.717) is 5.56 Å². The second-order valence-electron chi connectivity index (χ2n) is 5.88. The molecule has 0 spiro atoms. The molecule has 1 N–H and O–H groups in total. The summed E-state index contributed by atoms with van der Waals surface area (Å²) < 4.78 is 40.4. The number of nitro benzene ring substituents is 1. The Kier molecular flexibility index (Phi) is 7.10. The monoisotopic (exact) mass is 376 g/mol.